The zero-order valence-corrected chi connectivity index (χ0v) is 14.4. The molecule has 0 radical (unpaired) electrons. The number of nitrogens with one attached hydrogen (secondary N) is 2. The number of carbonyl (C=O) groups excluding carboxylic acids is 1. The van der Waals surface area contributed by atoms with E-state index in [1.54, 1.807) is 13.2 Å². The lowest BCUT2D eigenvalue weighted by Crippen LogP contribution is -2.30. The predicted molar refractivity (Wildman–Crippen MR) is 98.4 cm³/mol. The van der Waals surface area contributed by atoms with E-state index in [0.29, 0.717) is 36.8 Å². The number of furan rings is 1. The predicted octanol–water partition coefficient (Wildman–Crippen LogP) is 4.14. The summed E-state index contributed by atoms with van der Waals surface area (Å²) < 4.78 is 16.5. The smallest absolute Gasteiger partial charge is 0.319 e. The van der Waals surface area contributed by atoms with Crippen LogP contribution in [0.2, 0.25) is 0 Å². The van der Waals surface area contributed by atoms with Gasteiger partial charge in [-0.2, -0.15) is 0 Å². The van der Waals surface area contributed by atoms with E-state index in [9.17, 15) is 4.79 Å². The average molecular weight is 342 g/mol. The largest absolute Gasteiger partial charge is 0.495 e. The van der Waals surface area contributed by atoms with Gasteiger partial charge < -0.3 is 24.5 Å². The third-order valence-corrected chi connectivity index (χ3v) is 3.90. The zero-order valence-electron chi connectivity index (χ0n) is 14.4. The quantitative estimate of drug-likeness (QED) is 0.633. The van der Waals surface area contributed by atoms with E-state index in [4.69, 9.17) is 13.9 Å². The molecule has 0 aliphatic rings. The molecule has 0 bridgehead atoms. The molecule has 1 heterocycles. The number of rotatable bonds is 7. The number of fused-ring (bicyclic) bond motifs is 3. The van der Waals surface area contributed by atoms with E-state index in [-0.39, 0.29) is 6.03 Å². The van der Waals surface area contributed by atoms with Crippen LogP contribution in [0.25, 0.3) is 21.9 Å². The maximum absolute atomic E-state index is 12.1. The van der Waals surface area contributed by atoms with Crippen molar-refractivity contribution in [3.63, 3.8) is 0 Å². The number of ether oxygens (including phenoxy) is 2. The van der Waals surface area contributed by atoms with Crippen LogP contribution in [0.15, 0.2) is 40.8 Å². The first-order valence-electron chi connectivity index (χ1n) is 8.34. The van der Waals surface area contributed by atoms with Crippen LogP contribution in [-0.4, -0.2) is 32.9 Å². The molecule has 0 unspecified atom stereocenters. The topological polar surface area (TPSA) is 72.7 Å². The minimum Gasteiger partial charge on any atom is -0.495 e. The first-order valence-corrected chi connectivity index (χ1v) is 8.34. The molecule has 0 fully saturated rings. The molecule has 2 N–H and O–H groups in total. The summed E-state index contributed by atoms with van der Waals surface area (Å²) in [5.74, 6) is 0.587. The van der Waals surface area contributed by atoms with Crippen molar-refractivity contribution in [2.45, 2.75) is 13.3 Å². The Hall–Kier alpha value is -2.73. The molecule has 0 spiro atoms. The van der Waals surface area contributed by atoms with Crippen LogP contribution < -0.4 is 15.4 Å². The van der Waals surface area contributed by atoms with E-state index >= 15 is 0 Å². The van der Waals surface area contributed by atoms with Crippen molar-refractivity contribution < 1.29 is 18.7 Å². The van der Waals surface area contributed by atoms with Gasteiger partial charge in [0.25, 0.3) is 0 Å². The second-order valence-electron chi connectivity index (χ2n) is 5.58. The molecule has 2 amide bonds. The number of anilines is 1. The number of carbonyl (C=O) groups is 1. The van der Waals surface area contributed by atoms with Crippen molar-refractivity contribution in [2.75, 3.05) is 32.2 Å². The summed E-state index contributed by atoms with van der Waals surface area (Å²) in [4.78, 5) is 12.1. The molecule has 2 aromatic carbocycles. The number of hydrogen-bond donors (Lipinski definition) is 2. The number of amides is 2. The second-order valence-corrected chi connectivity index (χ2v) is 5.58. The van der Waals surface area contributed by atoms with Crippen molar-refractivity contribution >= 4 is 33.7 Å². The average Bonchev–Trinajstić information content (AvgIpc) is 2.98. The number of para-hydroxylation sites is 1. The van der Waals surface area contributed by atoms with Gasteiger partial charge in [0.05, 0.1) is 12.8 Å². The van der Waals surface area contributed by atoms with Gasteiger partial charge >= 0.3 is 6.03 Å². The minimum absolute atomic E-state index is 0.287. The third-order valence-electron chi connectivity index (χ3n) is 3.90. The SMILES string of the molecule is CCOCCCNC(=O)Nc1cc2oc3ccccc3c2cc1OC. The van der Waals surface area contributed by atoms with Crippen LogP contribution in [-0.2, 0) is 4.74 Å². The van der Waals surface area contributed by atoms with Gasteiger partial charge in [-0.1, -0.05) is 18.2 Å². The molecule has 132 valence electrons. The fourth-order valence-electron chi connectivity index (χ4n) is 2.71. The number of methoxy groups -OCH3 is 1. The fraction of sp³-hybridized carbons (Fsp3) is 0.316. The minimum atomic E-state index is -0.287. The van der Waals surface area contributed by atoms with Crippen LogP contribution in [0.4, 0.5) is 10.5 Å². The molecule has 0 aliphatic heterocycles. The Morgan fingerprint density at radius 3 is 2.80 bits per heavy atom. The van der Waals surface area contributed by atoms with Crippen LogP contribution in [0.1, 0.15) is 13.3 Å². The van der Waals surface area contributed by atoms with Gasteiger partial charge in [-0.3, -0.25) is 0 Å². The lowest BCUT2D eigenvalue weighted by atomic mass is 10.1. The van der Waals surface area contributed by atoms with E-state index in [1.165, 1.54) is 0 Å². The fourth-order valence-corrected chi connectivity index (χ4v) is 2.71. The van der Waals surface area contributed by atoms with Crippen molar-refractivity contribution in [1.29, 1.82) is 0 Å². The van der Waals surface area contributed by atoms with Gasteiger partial charge in [0.15, 0.2) is 0 Å². The van der Waals surface area contributed by atoms with Gasteiger partial charge in [0.1, 0.15) is 16.9 Å². The van der Waals surface area contributed by atoms with E-state index < -0.39 is 0 Å². The van der Waals surface area contributed by atoms with Crippen LogP contribution in [0, 0.1) is 0 Å². The Balaban J connectivity index is 1.76. The second kappa shape index (κ2) is 7.90. The molecule has 0 saturated carbocycles. The highest BCUT2D eigenvalue weighted by Crippen LogP contribution is 2.36. The van der Waals surface area contributed by atoms with Gasteiger partial charge in [0.2, 0.25) is 0 Å². The van der Waals surface area contributed by atoms with Crippen LogP contribution in [0.5, 0.6) is 5.75 Å². The van der Waals surface area contributed by atoms with Crippen molar-refractivity contribution in [3.05, 3.63) is 36.4 Å². The van der Waals surface area contributed by atoms with Gasteiger partial charge in [0, 0.05) is 36.6 Å². The summed E-state index contributed by atoms with van der Waals surface area (Å²) in [6, 6.07) is 11.2. The van der Waals surface area contributed by atoms with Gasteiger partial charge in [-0.05, 0) is 25.5 Å². The molecule has 6 nitrogen and oxygen atoms in total. The molecular formula is C19H22N2O4. The number of urea groups is 1. The summed E-state index contributed by atoms with van der Waals surface area (Å²) in [6.45, 7) is 3.80. The normalized spacial score (nSPS) is 11.0. The van der Waals surface area contributed by atoms with Gasteiger partial charge in [-0.25, -0.2) is 4.79 Å². The number of benzene rings is 2. The Bertz CT molecular complexity index is 872. The first kappa shape index (κ1) is 17.1. The standard InChI is InChI=1S/C19H22N2O4/c1-3-24-10-6-9-20-19(22)21-15-12-17-14(11-18(15)23-2)13-7-4-5-8-16(13)25-17/h4-5,7-8,11-12H,3,6,9-10H2,1-2H3,(H2,20,21,22). The molecule has 3 aromatic rings. The molecule has 0 atom stereocenters. The molecular weight excluding hydrogens is 320 g/mol. The summed E-state index contributed by atoms with van der Waals surface area (Å²) in [6.07, 6.45) is 0.765. The Morgan fingerprint density at radius 2 is 2.00 bits per heavy atom. The van der Waals surface area contributed by atoms with E-state index in [0.717, 1.165) is 22.8 Å². The zero-order chi connectivity index (χ0) is 17.6. The highest BCUT2D eigenvalue weighted by atomic mass is 16.5. The van der Waals surface area contributed by atoms with E-state index in [2.05, 4.69) is 10.6 Å². The molecule has 3 rings (SSSR count). The first-order chi connectivity index (χ1) is 12.2. The number of hydrogen-bond acceptors (Lipinski definition) is 4. The maximum Gasteiger partial charge on any atom is 0.319 e. The highest BCUT2D eigenvalue weighted by molar-refractivity contribution is 6.07. The van der Waals surface area contributed by atoms with Crippen molar-refractivity contribution in [1.82, 2.24) is 5.32 Å². The molecule has 6 heteroatoms. The molecule has 25 heavy (non-hydrogen) atoms. The van der Waals surface area contributed by atoms with Crippen LogP contribution in [0.3, 0.4) is 0 Å². The van der Waals surface area contributed by atoms with E-state index in [1.807, 2.05) is 37.3 Å². The van der Waals surface area contributed by atoms with Crippen LogP contribution >= 0.6 is 0 Å². The molecule has 0 saturated heterocycles. The monoisotopic (exact) mass is 342 g/mol. The molecule has 1 aromatic heterocycles. The summed E-state index contributed by atoms with van der Waals surface area (Å²) in [5.41, 5.74) is 2.07. The van der Waals surface area contributed by atoms with Gasteiger partial charge in [-0.15, -0.1) is 0 Å². The maximum atomic E-state index is 12.1. The lowest BCUT2D eigenvalue weighted by Gasteiger charge is -2.11. The Morgan fingerprint density at radius 1 is 1.16 bits per heavy atom. The lowest BCUT2D eigenvalue weighted by molar-refractivity contribution is 0.145. The Labute approximate surface area is 146 Å². The highest BCUT2D eigenvalue weighted by Gasteiger charge is 2.13. The molecule has 0 aliphatic carbocycles. The Kier molecular flexibility index (Phi) is 5.40. The summed E-state index contributed by atoms with van der Waals surface area (Å²) in [7, 11) is 1.58. The summed E-state index contributed by atoms with van der Waals surface area (Å²) in [5, 5.41) is 7.58. The summed E-state index contributed by atoms with van der Waals surface area (Å²) >= 11 is 0. The van der Waals surface area contributed by atoms with Crippen molar-refractivity contribution in [2.24, 2.45) is 0 Å². The third kappa shape index (κ3) is 3.85. The van der Waals surface area contributed by atoms with Crippen molar-refractivity contribution in [3.8, 4) is 5.75 Å².